The van der Waals surface area contributed by atoms with Gasteiger partial charge in [0.1, 0.15) is 5.02 Å². The normalized spacial score (nSPS) is 10.5. The van der Waals surface area contributed by atoms with Crippen LogP contribution in [0, 0.1) is 17.0 Å². The number of carbonyl (C=O) groups excluding carboxylic acids is 1. The van der Waals surface area contributed by atoms with Crippen LogP contribution in [-0.4, -0.2) is 20.6 Å². The molecule has 1 N–H and O–H groups in total. The summed E-state index contributed by atoms with van der Waals surface area (Å²) in [5, 5.41) is 17.7. The predicted molar refractivity (Wildman–Crippen MR) is 81.9 cm³/mol. The van der Waals surface area contributed by atoms with Crippen molar-refractivity contribution in [2.75, 3.05) is 0 Å². The van der Waals surface area contributed by atoms with Gasteiger partial charge >= 0.3 is 0 Å². The summed E-state index contributed by atoms with van der Waals surface area (Å²) in [6.07, 6.45) is 1.70. The Morgan fingerprint density at radius 2 is 2.23 bits per heavy atom. The minimum atomic E-state index is -0.617. The Kier molecular flexibility index (Phi) is 4.77. The molecule has 0 saturated heterocycles. The van der Waals surface area contributed by atoms with Crippen molar-refractivity contribution in [2.24, 2.45) is 0 Å². The van der Waals surface area contributed by atoms with E-state index in [1.54, 1.807) is 6.20 Å². The van der Waals surface area contributed by atoms with E-state index in [-0.39, 0.29) is 16.3 Å². The fourth-order valence-electron chi connectivity index (χ4n) is 2.05. The Hall–Kier alpha value is -2.41. The van der Waals surface area contributed by atoms with E-state index in [0.717, 1.165) is 17.8 Å². The average Bonchev–Trinajstić information content (AvgIpc) is 2.85. The SMILES string of the molecule is CCn1ncc(CNC(=O)c2ccc(Cl)c([N+](=O)[O-])c2)c1C. The van der Waals surface area contributed by atoms with Crippen molar-refractivity contribution in [3.05, 3.63) is 56.4 Å². The highest BCUT2D eigenvalue weighted by molar-refractivity contribution is 6.32. The second kappa shape index (κ2) is 6.57. The molecule has 1 aromatic heterocycles. The summed E-state index contributed by atoms with van der Waals surface area (Å²) >= 11 is 5.72. The van der Waals surface area contributed by atoms with Crippen molar-refractivity contribution in [3.8, 4) is 0 Å². The van der Waals surface area contributed by atoms with Gasteiger partial charge in [-0.1, -0.05) is 11.6 Å². The summed E-state index contributed by atoms with van der Waals surface area (Å²) < 4.78 is 1.83. The van der Waals surface area contributed by atoms with Gasteiger partial charge in [-0.25, -0.2) is 0 Å². The molecule has 0 atom stereocenters. The molecule has 22 heavy (non-hydrogen) atoms. The zero-order valence-corrected chi connectivity index (χ0v) is 12.9. The fourth-order valence-corrected chi connectivity index (χ4v) is 2.24. The molecule has 0 aliphatic carbocycles. The maximum atomic E-state index is 12.1. The van der Waals surface area contributed by atoms with E-state index in [2.05, 4.69) is 10.4 Å². The number of nitro groups is 1. The third-order valence-electron chi connectivity index (χ3n) is 3.35. The average molecular weight is 323 g/mol. The van der Waals surface area contributed by atoms with E-state index >= 15 is 0 Å². The van der Waals surface area contributed by atoms with Gasteiger partial charge in [0.2, 0.25) is 0 Å². The van der Waals surface area contributed by atoms with Crippen LogP contribution >= 0.6 is 11.6 Å². The lowest BCUT2D eigenvalue weighted by atomic mass is 10.2. The summed E-state index contributed by atoms with van der Waals surface area (Å²) in [6.45, 7) is 4.96. The molecule has 0 spiro atoms. The maximum absolute atomic E-state index is 12.1. The summed E-state index contributed by atoms with van der Waals surface area (Å²) in [4.78, 5) is 22.3. The number of aryl methyl sites for hydroxylation is 1. The molecule has 1 amide bonds. The van der Waals surface area contributed by atoms with Crippen LogP contribution in [0.25, 0.3) is 0 Å². The van der Waals surface area contributed by atoms with Gasteiger partial charge in [0.05, 0.1) is 11.1 Å². The fraction of sp³-hybridized carbons (Fsp3) is 0.286. The number of nitrogens with one attached hydrogen (secondary N) is 1. The number of nitrogens with zero attached hydrogens (tertiary/aromatic N) is 3. The molecule has 8 heteroatoms. The monoisotopic (exact) mass is 322 g/mol. The number of carbonyl (C=O) groups is 1. The number of hydrogen-bond acceptors (Lipinski definition) is 4. The molecule has 0 bridgehead atoms. The van der Waals surface area contributed by atoms with Crippen LogP contribution in [0.1, 0.15) is 28.5 Å². The molecule has 0 fully saturated rings. The molecule has 0 aliphatic heterocycles. The lowest BCUT2D eigenvalue weighted by Gasteiger charge is -2.06. The first-order chi connectivity index (χ1) is 10.4. The summed E-state index contributed by atoms with van der Waals surface area (Å²) in [7, 11) is 0. The first-order valence-electron chi connectivity index (χ1n) is 6.67. The van der Waals surface area contributed by atoms with E-state index in [0.29, 0.717) is 6.54 Å². The first kappa shape index (κ1) is 16.0. The quantitative estimate of drug-likeness (QED) is 0.677. The number of rotatable bonds is 5. The third kappa shape index (κ3) is 3.25. The van der Waals surface area contributed by atoms with Gasteiger partial charge in [0.15, 0.2) is 0 Å². The molecule has 0 unspecified atom stereocenters. The topological polar surface area (TPSA) is 90.1 Å². The van der Waals surface area contributed by atoms with Crippen molar-refractivity contribution in [1.82, 2.24) is 15.1 Å². The molecule has 116 valence electrons. The molecule has 2 aromatic rings. The molecule has 0 aliphatic rings. The van der Waals surface area contributed by atoms with Gasteiger partial charge in [-0.05, 0) is 26.0 Å². The maximum Gasteiger partial charge on any atom is 0.288 e. The van der Waals surface area contributed by atoms with E-state index < -0.39 is 10.8 Å². The van der Waals surface area contributed by atoms with E-state index in [4.69, 9.17) is 11.6 Å². The summed E-state index contributed by atoms with van der Waals surface area (Å²) in [6, 6.07) is 3.96. The number of aromatic nitrogens is 2. The van der Waals surface area contributed by atoms with Gasteiger partial charge < -0.3 is 5.32 Å². The number of amides is 1. The molecule has 1 aromatic carbocycles. The highest BCUT2D eigenvalue weighted by Gasteiger charge is 2.16. The van der Waals surface area contributed by atoms with Gasteiger partial charge in [0.25, 0.3) is 11.6 Å². The second-order valence-corrected chi connectivity index (χ2v) is 5.08. The lowest BCUT2D eigenvalue weighted by molar-refractivity contribution is -0.384. The minimum absolute atomic E-state index is 0.00150. The first-order valence-corrected chi connectivity index (χ1v) is 7.05. The highest BCUT2D eigenvalue weighted by atomic mass is 35.5. The molecule has 0 radical (unpaired) electrons. The van der Waals surface area contributed by atoms with Crippen molar-refractivity contribution in [3.63, 3.8) is 0 Å². The predicted octanol–water partition coefficient (Wildman–Crippen LogP) is 2.70. The van der Waals surface area contributed by atoms with Crippen LogP contribution in [0.2, 0.25) is 5.02 Å². The Morgan fingerprint density at radius 1 is 1.50 bits per heavy atom. The largest absolute Gasteiger partial charge is 0.348 e. The Labute approximate surface area is 132 Å². The summed E-state index contributed by atoms with van der Waals surface area (Å²) in [5.74, 6) is -0.400. The van der Waals surface area contributed by atoms with Crippen LogP contribution in [0.3, 0.4) is 0 Å². The Bertz CT molecular complexity index is 727. The lowest BCUT2D eigenvalue weighted by Crippen LogP contribution is -2.23. The van der Waals surface area contributed by atoms with Crippen molar-refractivity contribution >= 4 is 23.2 Å². The van der Waals surface area contributed by atoms with Crippen molar-refractivity contribution in [2.45, 2.75) is 26.9 Å². The molecule has 1 heterocycles. The zero-order chi connectivity index (χ0) is 16.3. The van der Waals surface area contributed by atoms with Crippen molar-refractivity contribution < 1.29 is 9.72 Å². The van der Waals surface area contributed by atoms with Crippen LogP contribution in [-0.2, 0) is 13.1 Å². The molecular formula is C14H15ClN4O3. The Balaban J connectivity index is 2.11. The van der Waals surface area contributed by atoms with Crippen LogP contribution in [0.5, 0.6) is 0 Å². The van der Waals surface area contributed by atoms with Gasteiger partial charge in [-0.15, -0.1) is 0 Å². The minimum Gasteiger partial charge on any atom is -0.348 e. The van der Waals surface area contributed by atoms with E-state index in [1.165, 1.54) is 18.2 Å². The van der Waals surface area contributed by atoms with Crippen molar-refractivity contribution in [1.29, 1.82) is 0 Å². The van der Waals surface area contributed by atoms with Gasteiger partial charge in [-0.3, -0.25) is 19.6 Å². The number of halogens is 1. The van der Waals surface area contributed by atoms with Crippen LogP contribution in [0.15, 0.2) is 24.4 Å². The Morgan fingerprint density at radius 3 is 2.82 bits per heavy atom. The number of benzene rings is 1. The number of hydrogen-bond donors (Lipinski definition) is 1. The number of nitro benzene ring substituents is 1. The van der Waals surface area contributed by atoms with Crippen LogP contribution in [0.4, 0.5) is 5.69 Å². The van der Waals surface area contributed by atoms with Gasteiger partial charge in [0, 0.05) is 36.0 Å². The standard InChI is InChI=1S/C14H15ClN4O3/c1-3-18-9(2)11(8-17-18)7-16-14(20)10-4-5-12(15)13(6-10)19(21)22/h4-6,8H,3,7H2,1-2H3,(H,16,20). The molecule has 7 nitrogen and oxygen atoms in total. The second-order valence-electron chi connectivity index (χ2n) is 4.68. The summed E-state index contributed by atoms with van der Waals surface area (Å²) in [5.41, 5.74) is 1.78. The third-order valence-corrected chi connectivity index (χ3v) is 3.67. The highest BCUT2D eigenvalue weighted by Crippen LogP contribution is 2.25. The van der Waals surface area contributed by atoms with Crippen LogP contribution < -0.4 is 5.32 Å². The molecule has 0 saturated carbocycles. The smallest absolute Gasteiger partial charge is 0.288 e. The van der Waals surface area contributed by atoms with E-state index in [9.17, 15) is 14.9 Å². The van der Waals surface area contributed by atoms with Gasteiger partial charge in [-0.2, -0.15) is 5.10 Å². The molecular weight excluding hydrogens is 308 g/mol. The van der Waals surface area contributed by atoms with E-state index in [1.807, 2.05) is 18.5 Å². The zero-order valence-electron chi connectivity index (χ0n) is 12.2. The molecule has 2 rings (SSSR count).